The van der Waals surface area contributed by atoms with Crippen LogP contribution in [0.5, 0.6) is 5.75 Å². The molecule has 0 saturated carbocycles. The van der Waals surface area contributed by atoms with Crippen LogP contribution < -0.4 is 4.90 Å². The van der Waals surface area contributed by atoms with Gasteiger partial charge in [0.1, 0.15) is 5.75 Å². The number of carbonyl (C=O) groups is 1. The molecule has 0 aromatic heterocycles. The van der Waals surface area contributed by atoms with Gasteiger partial charge in [0, 0.05) is 12.6 Å². The van der Waals surface area contributed by atoms with Crippen LogP contribution in [0.25, 0.3) is 0 Å². The van der Waals surface area contributed by atoms with Gasteiger partial charge < -0.3 is 10.0 Å². The number of phenols is 1. The van der Waals surface area contributed by atoms with Crippen LogP contribution in [-0.4, -0.2) is 11.0 Å². The molecule has 0 spiro atoms. The van der Waals surface area contributed by atoms with Gasteiger partial charge in [-0.1, -0.05) is 30.3 Å². The van der Waals surface area contributed by atoms with Crippen molar-refractivity contribution in [2.75, 3.05) is 4.90 Å². The summed E-state index contributed by atoms with van der Waals surface area (Å²) in [5.41, 5.74) is 1.85. The predicted octanol–water partition coefficient (Wildman–Crippen LogP) is 3.51. The Hall–Kier alpha value is -2.29. The Bertz CT molecular complexity index is 549. The van der Waals surface area contributed by atoms with E-state index in [4.69, 9.17) is 0 Å². The lowest BCUT2D eigenvalue weighted by Crippen LogP contribution is -2.31. The molecule has 1 amide bonds. The lowest BCUT2D eigenvalue weighted by atomic mass is 10.1. The number of benzene rings is 2. The van der Waals surface area contributed by atoms with Crippen molar-refractivity contribution in [1.82, 2.24) is 0 Å². The third-order valence-electron chi connectivity index (χ3n) is 3.14. The summed E-state index contributed by atoms with van der Waals surface area (Å²) in [6, 6.07) is 16.5. The normalized spacial score (nSPS) is 11.9. The van der Waals surface area contributed by atoms with E-state index >= 15 is 0 Å². The van der Waals surface area contributed by atoms with Gasteiger partial charge in [0.05, 0.1) is 6.04 Å². The molecule has 0 fully saturated rings. The Kier molecular flexibility index (Phi) is 3.85. The molecule has 2 aromatic carbocycles. The number of nitrogens with zero attached hydrogens (tertiary/aromatic N) is 1. The quantitative estimate of drug-likeness (QED) is 0.911. The fourth-order valence-corrected chi connectivity index (χ4v) is 2.17. The summed E-state index contributed by atoms with van der Waals surface area (Å²) in [5.74, 6) is 0.168. The van der Waals surface area contributed by atoms with Gasteiger partial charge in [0.15, 0.2) is 0 Å². The molecule has 0 heterocycles. The molecule has 0 saturated heterocycles. The van der Waals surface area contributed by atoms with Crippen LogP contribution in [0.15, 0.2) is 54.6 Å². The van der Waals surface area contributed by atoms with E-state index in [1.165, 1.54) is 0 Å². The molecule has 0 bridgehead atoms. The number of hydrogen-bond acceptors (Lipinski definition) is 2. The van der Waals surface area contributed by atoms with Crippen LogP contribution in [0, 0.1) is 0 Å². The molecule has 3 heteroatoms. The van der Waals surface area contributed by atoms with Crippen molar-refractivity contribution >= 4 is 11.6 Å². The zero-order chi connectivity index (χ0) is 13.8. The third-order valence-corrected chi connectivity index (χ3v) is 3.14. The van der Waals surface area contributed by atoms with Crippen LogP contribution in [-0.2, 0) is 4.79 Å². The molecule has 0 aliphatic heterocycles. The zero-order valence-electron chi connectivity index (χ0n) is 11.1. The largest absolute Gasteiger partial charge is 0.508 e. The Labute approximate surface area is 113 Å². The van der Waals surface area contributed by atoms with Crippen molar-refractivity contribution in [3.05, 3.63) is 60.2 Å². The van der Waals surface area contributed by atoms with Gasteiger partial charge in [0.2, 0.25) is 5.91 Å². The maximum atomic E-state index is 11.9. The van der Waals surface area contributed by atoms with E-state index in [1.807, 2.05) is 37.3 Å². The maximum Gasteiger partial charge on any atom is 0.224 e. The molecule has 98 valence electrons. The van der Waals surface area contributed by atoms with Crippen LogP contribution >= 0.6 is 0 Å². The Morgan fingerprint density at radius 1 is 1.05 bits per heavy atom. The van der Waals surface area contributed by atoms with Gasteiger partial charge in [-0.25, -0.2) is 0 Å². The summed E-state index contributed by atoms with van der Waals surface area (Å²) in [5, 5.41) is 9.33. The summed E-state index contributed by atoms with van der Waals surface area (Å²) in [4.78, 5) is 13.6. The topological polar surface area (TPSA) is 40.5 Å². The third kappa shape index (κ3) is 2.94. The van der Waals surface area contributed by atoms with Gasteiger partial charge in [-0.15, -0.1) is 0 Å². The molecule has 2 rings (SSSR count). The number of phenolic OH excluding ortho intramolecular Hbond substituents is 1. The Balaban J connectivity index is 2.36. The average molecular weight is 255 g/mol. The number of aromatic hydroxyl groups is 1. The first kappa shape index (κ1) is 13.1. The molecule has 0 aliphatic carbocycles. The van der Waals surface area contributed by atoms with Crippen LogP contribution in [0.1, 0.15) is 25.5 Å². The highest BCUT2D eigenvalue weighted by molar-refractivity contribution is 5.92. The minimum atomic E-state index is -0.0526. The van der Waals surface area contributed by atoms with E-state index in [2.05, 4.69) is 0 Å². The van der Waals surface area contributed by atoms with Crippen molar-refractivity contribution in [3.8, 4) is 5.75 Å². The van der Waals surface area contributed by atoms with Crippen LogP contribution in [0.4, 0.5) is 5.69 Å². The summed E-state index contributed by atoms with van der Waals surface area (Å²) < 4.78 is 0. The van der Waals surface area contributed by atoms with Gasteiger partial charge in [-0.05, 0) is 36.8 Å². The number of anilines is 1. The van der Waals surface area contributed by atoms with Gasteiger partial charge in [-0.2, -0.15) is 0 Å². The molecule has 19 heavy (non-hydrogen) atoms. The van der Waals surface area contributed by atoms with Gasteiger partial charge in [0.25, 0.3) is 0 Å². The van der Waals surface area contributed by atoms with Crippen molar-refractivity contribution in [3.63, 3.8) is 0 Å². The van der Waals surface area contributed by atoms with Gasteiger partial charge >= 0.3 is 0 Å². The number of hydrogen-bond donors (Lipinski definition) is 1. The second-order valence-electron chi connectivity index (χ2n) is 4.49. The number of carbonyl (C=O) groups excluding carboxylic acids is 1. The molecular weight excluding hydrogens is 238 g/mol. The molecule has 2 aromatic rings. The maximum absolute atomic E-state index is 11.9. The molecule has 1 N–H and O–H groups in total. The first-order chi connectivity index (χ1) is 9.09. The molecule has 1 atom stereocenters. The Morgan fingerprint density at radius 3 is 2.16 bits per heavy atom. The highest BCUT2D eigenvalue weighted by Crippen LogP contribution is 2.28. The summed E-state index contributed by atoms with van der Waals surface area (Å²) in [6.07, 6.45) is 0. The highest BCUT2D eigenvalue weighted by atomic mass is 16.3. The van der Waals surface area contributed by atoms with E-state index in [9.17, 15) is 9.90 Å². The lowest BCUT2D eigenvalue weighted by Gasteiger charge is -2.28. The van der Waals surface area contributed by atoms with E-state index < -0.39 is 0 Å². The van der Waals surface area contributed by atoms with E-state index in [1.54, 1.807) is 36.1 Å². The predicted molar refractivity (Wildman–Crippen MR) is 76.1 cm³/mol. The second-order valence-corrected chi connectivity index (χ2v) is 4.49. The summed E-state index contributed by atoms with van der Waals surface area (Å²) >= 11 is 0. The first-order valence-corrected chi connectivity index (χ1v) is 6.23. The monoisotopic (exact) mass is 255 g/mol. The first-order valence-electron chi connectivity index (χ1n) is 6.23. The van der Waals surface area contributed by atoms with Crippen molar-refractivity contribution in [1.29, 1.82) is 0 Å². The fraction of sp³-hybridized carbons (Fsp3) is 0.188. The number of rotatable bonds is 3. The van der Waals surface area contributed by atoms with E-state index in [0.29, 0.717) is 0 Å². The minimum absolute atomic E-state index is 0.0259. The molecule has 0 aliphatic rings. The van der Waals surface area contributed by atoms with Gasteiger partial charge in [-0.3, -0.25) is 4.79 Å². The van der Waals surface area contributed by atoms with Crippen molar-refractivity contribution < 1.29 is 9.90 Å². The second kappa shape index (κ2) is 5.57. The zero-order valence-corrected chi connectivity index (χ0v) is 11.1. The molecule has 0 radical (unpaired) electrons. The lowest BCUT2D eigenvalue weighted by molar-refractivity contribution is -0.117. The summed E-state index contributed by atoms with van der Waals surface area (Å²) in [7, 11) is 0. The molecule has 1 unspecified atom stereocenters. The van der Waals surface area contributed by atoms with E-state index in [-0.39, 0.29) is 17.7 Å². The standard InChI is InChI=1S/C16H17NO2/c1-12(14-6-4-3-5-7-14)17(13(2)18)15-8-10-16(19)11-9-15/h3-12,19H,1-2H3. The minimum Gasteiger partial charge on any atom is -0.508 e. The number of amides is 1. The Morgan fingerprint density at radius 2 is 1.63 bits per heavy atom. The van der Waals surface area contributed by atoms with Crippen molar-refractivity contribution in [2.24, 2.45) is 0 Å². The van der Waals surface area contributed by atoms with E-state index in [0.717, 1.165) is 11.3 Å². The molecular formula is C16H17NO2. The van der Waals surface area contributed by atoms with Crippen LogP contribution in [0.3, 0.4) is 0 Å². The van der Waals surface area contributed by atoms with Crippen molar-refractivity contribution in [2.45, 2.75) is 19.9 Å². The van der Waals surface area contributed by atoms with Crippen LogP contribution in [0.2, 0.25) is 0 Å². The highest BCUT2D eigenvalue weighted by Gasteiger charge is 2.19. The fourth-order valence-electron chi connectivity index (χ4n) is 2.17. The smallest absolute Gasteiger partial charge is 0.224 e. The summed E-state index contributed by atoms with van der Waals surface area (Å²) in [6.45, 7) is 3.54. The molecule has 3 nitrogen and oxygen atoms in total. The average Bonchev–Trinajstić information content (AvgIpc) is 2.42. The SMILES string of the molecule is CC(=O)N(c1ccc(O)cc1)C(C)c1ccccc1.